The van der Waals surface area contributed by atoms with Crippen molar-refractivity contribution in [3.05, 3.63) is 47.7 Å². The van der Waals surface area contributed by atoms with Gasteiger partial charge in [0.15, 0.2) is 0 Å². The van der Waals surface area contributed by atoms with Gasteiger partial charge in [0.2, 0.25) is 5.13 Å². The number of nitrogens with zero attached hydrogens (tertiary/aromatic N) is 7. The van der Waals surface area contributed by atoms with Crippen molar-refractivity contribution >= 4 is 58.6 Å². The molecule has 10 nitrogen and oxygen atoms in total. The van der Waals surface area contributed by atoms with Gasteiger partial charge in [-0.2, -0.15) is 0 Å². The third kappa shape index (κ3) is 7.23. The number of hydrogen-bond acceptors (Lipinski definition) is 11. The van der Waals surface area contributed by atoms with Crippen molar-refractivity contribution in [1.29, 1.82) is 0 Å². The summed E-state index contributed by atoms with van der Waals surface area (Å²) in [5.41, 5.74) is 3.37. The van der Waals surface area contributed by atoms with E-state index in [0.717, 1.165) is 83.1 Å². The molecule has 4 aromatic rings. The van der Waals surface area contributed by atoms with E-state index in [0.29, 0.717) is 12.6 Å². The summed E-state index contributed by atoms with van der Waals surface area (Å²) in [5, 5.41) is 14.6. The van der Waals surface area contributed by atoms with Crippen LogP contribution in [0.15, 0.2) is 42.7 Å². The van der Waals surface area contributed by atoms with Gasteiger partial charge >= 0.3 is 0 Å². The Morgan fingerprint density at radius 2 is 1.81 bits per heavy atom. The van der Waals surface area contributed by atoms with E-state index in [1.54, 1.807) is 11.3 Å². The molecule has 1 aliphatic carbocycles. The number of morpholine rings is 1. The number of ether oxygens (including phenoxy) is 2. The van der Waals surface area contributed by atoms with Crippen molar-refractivity contribution < 1.29 is 9.47 Å². The molecule has 222 valence electrons. The minimum atomic E-state index is -1.20. The molecule has 4 aromatic heterocycles. The van der Waals surface area contributed by atoms with E-state index in [9.17, 15) is 0 Å². The highest BCUT2D eigenvalue weighted by Crippen LogP contribution is 2.38. The van der Waals surface area contributed by atoms with E-state index < -0.39 is 8.07 Å². The highest BCUT2D eigenvalue weighted by molar-refractivity contribution is 7.15. The van der Waals surface area contributed by atoms with Gasteiger partial charge in [0.05, 0.1) is 48.0 Å². The van der Waals surface area contributed by atoms with Crippen LogP contribution in [-0.2, 0) is 9.47 Å². The summed E-state index contributed by atoms with van der Waals surface area (Å²) in [7, 11) is -1.20. The first-order chi connectivity index (χ1) is 20.4. The molecule has 1 aliphatic heterocycles. The molecule has 0 spiro atoms. The largest absolute Gasteiger partial charge is 0.378 e. The molecule has 0 amide bonds. The number of anilines is 5. The minimum Gasteiger partial charge on any atom is -0.378 e. The smallest absolute Gasteiger partial charge is 0.215 e. The van der Waals surface area contributed by atoms with E-state index in [-0.39, 0.29) is 0 Å². The lowest BCUT2D eigenvalue weighted by Crippen LogP contribution is -2.36. The lowest BCUT2D eigenvalue weighted by atomic mass is 10.1. The molecule has 2 fully saturated rings. The second-order valence-electron chi connectivity index (χ2n) is 12.2. The van der Waals surface area contributed by atoms with E-state index in [2.05, 4.69) is 50.0 Å². The van der Waals surface area contributed by atoms with Crippen molar-refractivity contribution in [1.82, 2.24) is 25.1 Å². The van der Waals surface area contributed by atoms with E-state index >= 15 is 0 Å². The van der Waals surface area contributed by atoms with Crippen LogP contribution in [0, 0.1) is 0 Å². The topological polar surface area (TPSA) is 101 Å². The summed E-state index contributed by atoms with van der Waals surface area (Å²) in [5.74, 6) is 2.26. The van der Waals surface area contributed by atoms with Crippen molar-refractivity contribution in [2.24, 2.45) is 0 Å². The SMILES string of the molecule is C[Si](C)(C)CCOCN(c1ccc2ncc(Nc3ccc(N4CCOCC4)nc3)cc2n1)c1nnc(C2CCCC2)s1. The molecule has 2 aliphatic rings. The van der Waals surface area contributed by atoms with Crippen LogP contribution >= 0.6 is 11.3 Å². The van der Waals surface area contributed by atoms with Crippen molar-refractivity contribution in [2.75, 3.05) is 54.8 Å². The zero-order valence-corrected chi connectivity index (χ0v) is 26.6. The summed E-state index contributed by atoms with van der Waals surface area (Å²) in [6, 6.07) is 11.2. The predicted octanol–water partition coefficient (Wildman–Crippen LogP) is 6.56. The second-order valence-corrected chi connectivity index (χ2v) is 18.9. The first kappa shape index (κ1) is 28.9. The van der Waals surface area contributed by atoms with Gasteiger partial charge in [0, 0.05) is 33.7 Å². The van der Waals surface area contributed by atoms with Crippen LogP contribution in [0.25, 0.3) is 11.0 Å². The van der Waals surface area contributed by atoms with Crippen LogP contribution < -0.4 is 15.1 Å². The Hall–Kier alpha value is -3.19. The van der Waals surface area contributed by atoms with Crippen LogP contribution in [0.2, 0.25) is 25.7 Å². The van der Waals surface area contributed by atoms with Gasteiger partial charge in [0.25, 0.3) is 0 Å². The number of aromatic nitrogens is 5. The molecule has 1 saturated carbocycles. The Balaban J connectivity index is 1.21. The number of fused-ring (bicyclic) bond motifs is 1. The van der Waals surface area contributed by atoms with Crippen LogP contribution in [0.3, 0.4) is 0 Å². The van der Waals surface area contributed by atoms with Crippen LogP contribution in [0.1, 0.15) is 36.6 Å². The van der Waals surface area contributed by atoms with Gasteiger partial charge in [-0.1, -0.05) is 43.8 Å². The number of hydrogen-bond donors (Lipinski definition) is 1. The fraction of sp³-hybridized carbons (Fsp3) is 0.500. The third-order valence-electron chi connectivity index (χ3n) is 7.75. The number of rotatable bonds is 11. The molecule has 42 heavy (non-hydrogen) atoms. The average Bonchev–Trinajstić information content (AvgIpc) is 3.70. The normalized spacial score (nSPS) is 16.3. The van der Waals surface area contributed by atoms with E-state index in [1.807, 2.05) is 47.6 Å². The zero-order chi connectivity index (χ0) is 28.9. The van der Waals surface area contributed by atoms with Gasteiger partial charge < -0.3 is 19.7 Å². The Kier molecular flexibility index (Phi) is 8.94. The zero-order valence-electron chi connectivity index (χ0n) is 24.8. The molecular weight excluding hydrogens is 565 g/mol. The van der Waals surface area contributed by atoms with E-state index in [4.69, 9.17) is 14.5 Å². The lowest BCUT2D eigenvalue weighted by molar-refractivity contribution is 0.122. The van der Waals surface area contributed by atoms with Crippen molar-refractivity contribution in [2.45, 2.75) is 57.3 Å². The van der Waals surface area contributed by atoms with Gasteiger partial charge in [-0.05, 0) is 49.2 Å². The molecule has 0 aromatic carbocycles. The third-order valence-corrected chi connectivity index (χ3v) is 10.6. The minimum absolute atomic E-state index is 0.384. The lowest BCUT2D eigenvalue weighted by Gasteiger charge is -2.27. The highest BCUT2D eigenvalue weighted by atomic mass is 32.1. The molecule has 0 bridgehead atoms. The maximum Gasteiger partial charge on any atom is 0.215 e. The Bertz CT molecular complexity index is 1470. The second kappa shape index (κ2) is 13.0. The molecule has 12 heteroatoms. The molecule has 1 N–H and O–H groups in total. The molecular formula is C30H40N8O2SSi. The van der Waals surface area contributed by atoms with Gasteiger partial charge in [-0.25, -0.2) is 9.97 Å². The highest BCUT2D eigenvalue weighted by Gasteiger charge is 2.24. The first-order valence-electron chi connectivity index (χ1n) is 14.9. The maximum absolute atomic E-state index is 6.20. The number of nitrogens with one attached hydrogen (secondary N) is 1. The number of pyridine rings is 3. The maximum atomic E-state index is 6.20. The molecule has 1 saturated heterocycles. The summed E-state index contributed by atoms with van der Waals surface area (Å²) in [6.07, 6.45) is 8.62. The predicted molar refractivity (Wildman–Crippen MR) is 172 cm³/mol. The summed E-state index contributed by atoms with van der Waals surface area (Å²) < 4.78 is 11.7. The van der Waals surface area contributed by atoms with Crippen LogP contribution in [0.4, 0.5) is 28.1 Å². The summed E-state index contributed by atoms with van der Waals surface area (Å²) >= 11 is 1.67. The Morgan fingerprint density at radius 3 is 2.57 bits per heavy atom. The fourth-order valence-corrected chi connectivity index (χ4v) is 7.01. The average molecular weight is 605 g/mol. The first-order valence-corrected chi connectivity index (χ1v) is 19.4. The monoisotopic (exact) mass is 604 g/mol. The molecule has 0 unspecified atom stereocenters. The molecule has 0 atom stereocenters. The van der Waals surface area contributed by atoms with Crippen molar-refractivity contribution in [3.63, 3.8) is 0 Å². The van der Waals surface area contributed by atoms with Crippen LogP contribution in [0.5, 0.6) is 0 Å². The van der Waals surface area contributed by atoms with Crippen LogP contribution in [-0.4, -0.2) is 72.9 Å². The standard InChI is InChI=1S/C30H40N8O2SSi/c1-42(2,3)17-16-40-21-38(30-36-35-29(41-30)22-6-4-5-7-22)28-11-9-25-26(34-28)18-24(20-31-25)33-23-8-10-27(32-19-23)37-12-14-39-15-13-37/h8-11,18-20,22,33H,4-7,12-17,21H2,1-3H3. The van der Waals surface area contributed by atoms with Gasteiger partial charge in [-0.15, -0.1) is 10.2 Å². The summed E-state index contributed by atoms with van der Waals surface area (Å²) in [6.45, 7) is 11.4. The molecule has 5 heterocycles. The molecule has 0 radical (unpaired) electrons. The van der Waals surface area contributed by atoms with Crippen molar-refractivity contribution in [3.8, 4) is 0 Å². The van der Waals surface area contributed by atoms with Gasteiger partial charge in [0.1, 0.15) is 23.4 Å². The Morgan fingerprint density at radius 1 is 1.00 bits per heavy atom. The fourth-order valence-electron chi connectivity index (χ4n) is 5.25. The quantitative estimate of drug-likeness (QED) is 0.115. The summed E-state index contributed by atoms with van der Waals surface area (Å²) in [4.78, 5) is 18.6. The van der Waals surface area contributed by atoms with E-state index in [1.165, 1.54) is 25.7 Å². The van der Waals surface area contributed by atoms with Gasteiger partial charge in [-0.3, -0.25) is 9.88 Å². The Labute approximate surface area is 252 Å². The molecule has 6 rings (SSSR count).